The van der Waals surface area contributed by atoms with Crippen molar-refractivity contribution in [2.45, 2.75) is 71.0 Å². The van der Waals surface area contributed by atoms with E-state index in [0.29, 0.717) is 28.6 Å². The second kappa shape index (κ2) is 16.3. The molecule has 3 heterocycles. The van der Waals surface area contributed by atoms with Crippen molar-refractivity contribution in [2.24, 2.45) is 21.5 Å². The van der Waals surface area contributed by atoms with E-state index in [9.17, 15) is 30.8 Å². The first-order chi connectivity index (χ1) is 30.4. The average Bonchev–Trinajstić information content (AvgIpc) is 3.62. The van der Waals surface area contributed by atoms with Crippen LogP contribution in [0.1, 0.15) is 79.5 Å². The van der Waals surface area contributed by atoms with Gasteiger partial charge in [-0.25, -0.2) is 31.0 Å². The number of sulfonamides is 1. The number of fused-ring (bicyclic) bond motifs is 4. The van der Waals surface area contributed by atoms with Crippen molar-refractivity contribution in [3.05, 3.63) is 122 Å². The van der Waals surface area contributed by atoms with Gasteiger partial charge in [0.15, 0.2) is 12.7 Å². The minimum atomic E-state index is -4.09. The molecule has 2 aliphatic rings. The minimum Gasteiger partial charge on any atom is -0.386 e. The minimum absolute atomic E-state index is 0.00961. The zero-order valence-corrected chi connectivity index (χ0v) is 36.9. The number of hydrogen-bond acceptors (Lipinski definition) is 7. The smallest absolute Gasteiger partial charge is 0.293 e. The molecule has 65 heavy (non-hydrogen) atoms. The van der Waals surface area contributed by atoms with Gasteiger partial charge in [-0.1, -0.05) is 38.4 Å². The Morgan fingerprint density at radius 3 is 2.46 bits per heavy atom. The summed E-state index contributed by atoms with van der Waals surface area (Å²) in [6.45, 7) is 5.84. The van der Waals surface area contributed by atoms with Crippen LogP contribution in [0.5, 0.6) is 0 Å². The Bertz CT molecular complexity index is 3110. The Kier molecular flexibility index (Phi) is 11.4. The molecule has 3 aromatic heterocycles. The zero-order chi connectivity index (χ0) is 47.1. The highest BCUT2D eigenvalue weighted by Crippen LogP contribution is 2.68. The average molecular weight is 944 g/mol. The van der Waals surface area contributed by atoms with Crippen LogP contribution in [-0.4, -0.2) is 57.9 Å². The standard InChI is InChI=1S/C43H41ClF6N10O4S/c1-42(2,3)19-58-11-10-28(55-58)21-6-7-24-29(15-21)54-40(60(41(24)62)31-9-8-27(44)34(35(31)52-4)39(51)57-65(5,63)64)30(14-20-12-22(45)16-23(46)13-20)53-32(61)18-59-37-33(36(56-59)38(47)48)25-17-26(25)43(37,49)50/h6-13,15-16,25-26,30,38H,14,17-19H2,1-5H3,(H4,51,52,53,57,61)/p+1/t25-,26+,30-/m0/s1. The number of nitrogens with two attached hydrogens (primary N) is 1. The van der Waals surface area contributed by atoms with Crippen LogP contribution in [0.3, 0.4) is 0 Å². The summed E-state index contributed by atoms with van der Waals surface area (Å²) in [6, 6.07) is 10.3. The van der Waals surface area contributed by atoms with Gasteiger partial charge in [-0.05, 0) is 54.3 Å². The summed E-state index contributed by atoms with van der Waals surface area (Å²) < 4.78 is 121. The predicted molar refractivity (Wildman–Crippen MR) is 230 cm³/mol. The highest BCUT2D eigenvalue weighted by atomic mass is 35.5. The first-order valence-corrected chi connectivity index (χ1v) is 22.4. The van der Waals surface area contributed by atoms with Gasteiger partial charge in [0.2, 0.25) is 5.91 Å². The summed E-state index contributed by atoms with van der Waals surface area (Å²) in [7, 11) is -2.67. The van der Waals surface area contributed by atoms with Gasteiger partial charge in [-0.15, -0.1) is 9.08 Å². The van der Waals surface area contributed by atoms with Crippen LogP contribution in [-0.2, 0) is 40.3 Å². The molecule has 0 unspecified atom stereocenters. The Morgan fingerprint density at radius 2 is 1.82 bits per heavy atom. The number of hydrogen-bond donors (Lipinski definition) is 4. The quantitative estimate of drug-likeness (QED) is 0.0422. The van der Waals surface area contributed by atoms with Crippen molar-refractivity contribution in [3.63, 3.8) is 0 Å². The van der Waals surface area contributed by atoms with Crippen molar-refractivity contribution >= 4 is 50.0 Å². The lowest BCUT2D eigenvalue weighted by atomic mass is 9.97. The van der Waals surface area contributed by atoms with Crippen LogP contribution in [0, 0.1) is 23.0 Å². The van der Waals surface area contributed by atoms with Crippen molar-refractivity contribution in [1.29, 1.82) is 0 Å². The molecule has 0 saturated heterocycles. The largest absolute Gasteiger partial charge is 0.386 e. The van der Waals surface area contributed by atoms with Gasteiger partial charge in [0.1, 0.15) is 46.9 Å². The molecule has 0 radical (unpaired) electrons. The number of aromatic amines is 1. The molecule has 3 atom stereocenters. The second-order valence-electron chi connectivity index (χ2n) is 17.4. The SMILES string of the molecule is CNc1c(-n2c([C@H](Cc3cc(F)cc(F)c3)NC(=O)Cn3nc(C(F)F)c4c3C(F)(F)[C@@H]3C[C@H]43)nc3cc(-c4cc[n+](CC(C)(C)C)[nH]4)ccc3c2=O)ccc(Cl)c1C(N)=NS(C)(=O)=O. The van der Waals surface area contributed by atoms with Gasteiger partial charge in [0.25, 0.3) is 27.9 Å². The summed E-state index contributed by atoms with van der Waals surface area (Å²) >= 11 is 6.58. The number of amidine groups is 1. The van der Waals surface area contributed by atoms with Gasteiger partial charge in [0, 0.05) is 48.1 Å². The first-order valence-electron chi connectivity index (χ1n) is 20.2. The number of carbonyl (C=O) groups excluding carboxylic acids is 1. The molecule has 5 N–H and O–H groups in total. The zero-order valence-electron chi connectivity index (χ0n) is 35.4. The lowest BCUT2D eigenvalue weighted by molar-refractivity contribution is -0.759. The highest BCUT2D eigenvalue weighted by molar-refractivity contribution is 7.89. The number of nitrogens with one attached hydrogen (secondary N) is 3. The van der Waals surface area contributed by atoms with Crippen molar-refractivity contribution in [3.8, 4) is 16.9 Å². The Balaban J connectivity index is 1.34. The van der Waals surface area contributed by atoms with E-state index in [1.54, 1.807) is 12.1 Å². The van der Waals surface area contributed by atoms with E-state index in [2.05, 4.69) is 46.0 Å². The van der Waals surface area contributed by atoms with E-state index in [0.717, 1.165) is 23.0 Å². The van der Waals surface area contributed by atoms with Crippen LogP contribution in [0.4, 0.5) is 32.0 Å². The van der Waals surface area contributed by atoms with Gasteiger partial charge >= 0.3 is 0 Å². The van der Waals surface area contributed by atoms with E-state index < -0.39 is 93.5 Å². The summed E-state index contributed by atoms with van der Waals surface area (Å²) in [5.74, 6) is -9.47. The molecular weight excluding hydrogens is 902 g/mol. The van der Waals surface area contributed by atoms with E-state index in [4.69, 9.17) is 22.3 Å². The van der Waals surface area contributed by atoms with Gasteiger partial charge in [-0.2, -0.15) is 19.0 Å². The number of alkyl halides is 4. The molecule has 2 aliphatic carbocycles. The lowest BCUT2D eigenvalue weighted by Crippen LogP contribution is -2.41. The van der Waals surface area contributed by atoms with Crippen LogP contribution >= 0.6 is 11.6 Å². The molecule has 3 aromatic carbocycles. The fraction of sp³-hybridized carbons (Fsp3) is 0.349. The fourth-order valence-corrected chi connectivity index (χ4v) is 9.30. The molecule has 0 aliphatic heterocycles. The molecule has 22 heteroatoms. The third-order valence-corrected chi connectivity index (χ3v) is 12.0. The van der Waals surface area contributed by atoms with Crippen molar-refractivity contribution < 1.29 is 44.2 Å². The summed E-state index contributed by atoms with van der Waals surface area (Å²) in [4.78, 5) is 34.1. The Morgan fingerprint density at radius 1 is 1.11 bits per heavy atom. The molecule has 0 spiro atoms. The number of halogens is 7. The molecule has 342 valence electrons. The molecule has 14 nitrogen and oxygen atoms in total. The highest BCUT2D eigenvalue weighted by Gasteiger charge is 2.67. The Labute approximate surface area is 372 Å². The third-order valence-electron chi connectivity index (χ3n) is 11.1. The van der Waals surface area contributed by atoms with Crippen LogP contribution in [0.25, 0.3) is 27.8 Å². The maximum absolute atomic E-state index is 15.6. The van der Waals surface area contributed by atoms with Gasteiger partial charge in [-0.3, -0.25) is 18.8 Å². The maximum Gasteiger partial charge on any atom is 0.293 e. The van der Waals surface area contributed by atoms with Crippen molar-refractivity contribution in [2.75, 3.05) is 18.6 Å². The lowest BCUT2D eigenvalue weighted by Gasteiger charge is -2.25. The topological polar surface area (TPSA) is 186 Å². The van der Waals surface area contributed by atoms with E-state index in [1.165, 1.54) is 25.2 Å². The fourth-order valence-electron chi connectivity index (χ4n) is 8.60. The number of aromatic nitrogens is 6. The number of benzene rings is 3. The normalized spacial score (nSPS) is 17.3. The van der Waals surface area contributed by atoms with Gasteiger partial charge < -0.3 is 16.4 Å². The number of anilines is 1. The molecule has 0 bridgehead atoms. The predicted octanol–water partition coefficient (Wildman–Crippen LogP) is 6.80. The third kappa shape index (κ3) is 8.82. The number of nitrogens with zero attached hydrogens (tertiary/aromatic N) is 6. The number of amides is 1. The van der Waals surface area contributed by atoms with E-state index >= 15 is 13.6 Å². The van der Waals surface area contributed by atoms with Gasteiger partial charge in [0.05, 0.1) is 45.2 Å². The number of H-pyrrole nitrogens is 1. The molecule has 8 rings (SSSR count). The van der Waals surface area contributed by atoms with Crippen LogP contribution in [0.2, 0.25) is 5.02 Å². The van der Waals surface area contributed by atoms with Crippen LogP contribution in [0.15, 0.2) is 70.0 Å². The molecule has 6 aromatic rings. The summed E-state index contributed by atoms with van der Waals surface area (Å²) in [5.41, 5.74) is 4.46. The molecule has 1 amide bonds. The van der Waals surface area contributed by atoms with Crippen LogP contribution < -0.4 is 26.6 Å². The summed E-state index contributed by atoms with van der Waals surface area (Å²) in [5, 5.41) is 12.6. The van der Waals surface area contributed by atoms with E-state index in [1.807, 2.05) is 16.9 Å². The maximum atomic E-state index is 15.6. The first kappa shape index (κ1) is 45.4. The molecular formula is C43H42ClF6N10O4S+. The number of rotatable bonds is 13. The van der Waals surface area contributed by atoms with E-state index in [-0.39, 0.29) is 61.7 Å². The van der Waals surface area contributed by atoms with Crippen molar-refractivity contribution in [1.82, 2.24) is 29.7 Å². The summed E-state index contributed by atoms with van der Waals surface area (Å²) in [6.07, 6.45) is -1.05. The molecule has 1 fully saturated rings. The second-order valence-corrected chi connectivity index (χ2v) is 19.5. The number of carbonyl (C=O) groups is 1. The molecule has 1 saturated carbocycles. The monoisotopic (exact) mass is 943 g/mol. The Hall–Kier alpha value is -6.22.